The minimum absolute atomic E-state index is 0.0537. The van der Waals surface area contributed by atoms with Gasteiger partial charge in [-0.3, -0.25) is 4.79 Å². The molecule has 3 atom stereocenters. The van der Waals surface area contributed by atoms with Gasteiger partial charge in [0.1, 0.15) is 22.8 Å². The molecule has 12 heteroatoms. The largest absolute Gasteiger partial charge is 0.348 e. The maximum atomic E-state index is 12.5. The van der Waals surface area contributed by atoms with Crippen LogP contribution >= 0.6 is 0 Å². The summed E-state index contributed by atoms with van der Waals surface area (Å²) in [5, 5.41) is 20.1. The Kier molecular flexibility index (Phi) is 12.6. The van der Waals surface area contributed by atoms with Crippen molar-refractivity contribution in [3.8, 4) is 12.1 Å². The van der Waals surface area contributed by atoms with Crippen molar-refractivity contribution >= 4 is 40.6 Å². The van der Waals surface area contributed by atoms with Crippen molar-refractivity contribution in [1.82, 2.24) is 20.3 Å². The highest BCUT2D eigenvalue weighted by Gasteiger charge is 2.33. The number of nitrogens with two attached hydrogens (primary N) is 1. The van der Waals surface area contributed by atoms with Gasteiger partial charge in [-0.25, -0.2) is 14.2 Å². The van der Waals surface area contributed by atoms with E-state index in [-0.39, 0.29) is 22.7 Å². The van der Waals surface area contributed by atoms with Crippen LogP contribution in [0.5, 0.6) is 0 Å². The number of rotatable bonds is 10. The molecule has 1 amide bonds. The smallest absolute Gasteiger partial charge is 0.255 e. The van der Waals surface area contributed by atoms with E-state index >= 15 is 0 Å². The van der Waals surface area contributed by atoms with Crippen LogP contribution in [0.3, 0.4) is 0 Å². The highest BCUT2D eigenvalue weighted by atomic mass is 32.2. The molecule has 5 aliphatic carbocycles. The average molecular weight is 649 g/mol. The number of carbonyl (C=O) groups excluding carboxylic acids is 2. The van der Waals surface area contributed by atoms with E-state index in [1.54, 1.807) is 12.4 Å². The van der Waals surface area contributed by atoms with Crippen LogP contribution in [-0.2, 0) is 15.8 Å². The van der Waals surface area contributed by atoms with E-state index in [0.717, 1.165) is 50.5 Å². The van der Waals surface area contributed by atoms with Gasteiger partial charge in [-0.05, 0) is 103 Å². The molecule has 5 aliphatic rings. The third-order valence-electron chi connectivity index (χ3n) is 8.34. The van der Waals surface area contributed by atoms with Gasteiger partial charge >= 0.3 is 0 Å². The minimum Gasteiger partial charge on any atom is -0.348 e. The predicted octanol–water partition coefficient (Wildman–Crippen LogP) is 5.42. The lowest BCUT2D eigenvalue weighted by molar-refractivity contribution is -0.108. The molecule has 2 heterocycles. The third kappa shape index (κ3) is 12.0. The number of hydrogen-bond acceptors (Lipinski definition) is 8. The number of carbonyl (C=O) groups is 2. The maximum absolute atomic E-state index is 12.5. The number of nitriles is 2. The molecule has 0 bridgehead atoms. The first kappa shape index (κ1) is 35.4. The molecule has 0 aliphatic heterocycles. The van der Waals surface area contributed by atoms with Crippen LogP contribution in [0.4, 0.5) is 0 Å². The summed E-state index contributed by atoms with van der Waals surface area (Å²) in [5.74, 6) is 2.54. The van der Waals surface area contributed by atoms with Gasteiger partial charge in [0.15, 0.2) is 5.65 Å². The fraction of sp³-hybridized carbons (Fsp3) is 0.676. The zero-order valence-corrected chi connectivity index (χ0v) is 28.1. The molecule has 0 saturated heterocycles. The molecule has 248 valence electrons. The molecular formula is C34H48N8O3S. The SMILES string of the molecule is CC(C)(C)S(=O)N=CC1CC1.N#CC[C@@H](N)C1CC1.N#CC[C@@H](NC(=O)c1c[nH]c2ncc(C3CC3)nc12)C1CC1.O=CC1CC1. The van der Waals surface area contributed by atoms with Crippen LogP contribution in [0.25, 0.3) is 11.2 Å². The van der Waals surface area contributed by atoms with Gasteiger partial charge in [0.25, 0.3) is 5.91 Å². The molecule has 5 fully saturated rings. The summed E-state index contributed by atoms with van der Waals surface area (Å²) in [6.07, 6.45) is 18.9. The molecule has 0 radical (unpaired) electrons. The second-order valence-corrected chi connectivity index (χ2v) is 16.0. The second-order valence-electron chi connectivity index (χ2n) is 14.0. The highest BCUT2D eigenvalue weighted by molar-refractivity contribution is 7.85. The van der Waals surface area contributed by atoms with E-state index in [1.807, 2.05) is 27.0 Å². The van der Waals surface area contributed by atoms with E-state index in [0.29, 0.717) is 59.2 Å². The van der Waals surface area contributed by atoms with Gasteiger partial charge < -0.3 is 20.8 Å². The number of fused-ring (bicyclic) bond motifs is 1. The highest BCUT2D eigenvalue weighted by Crippen LogP contribution is 2.39. The van der Waals surface area contributed by atoms with Crippen LogP contribution < -0.4 is 11.1 Å². The van der Waals surface area contributed by atoms with Crippen molar-refractivity contribution in [3.05, 3.63) is 23.7 Å². The summed E-state index contributed by atoms with van der Waals surface area (Å²) in [6, 6.07) is 4.34. The molecule has 0 spiro atoms. The first-order valence-electron chi connectivity index (χ1n) is 16.6. The Bertz CT molecular complexity index is 1470. The fourth-order valence-corrected chi connectivity index (χ4v) is 5.00. The molecule has 4 N–H and O–H groups in total. The van der Waals surface area contributed by atoms with Crippen molar-refractivity contribution in [2.45, 2.75) is 121 Å². The van der Waals surface area contributed by atoms with Crippen LogP contribution in [-0.4, -0.2) is 54.4 Å². The van der Waals surface area contributed by atoms with E-state index < -0.39 is 11.0 Å². The quantitative estimate of drug-likeness (QED) is 0.225. The summed E-state index contributed by atoms with van der Waals surface area (Å²) in [7, 11) is -1.05. The number of aromatic nitrogens is 3. The van der Waals surface area contributed by atoms with Crippen LogP contribution in [0.2, 0.25) is 0 Å². The standard InChI is InChI=1S/C16H17N5O.C8H15NOS.C6H10N2.C4H6O/c17-6-5-12(9-1-2-9)21-16(22)11-7-18-15-14(11)20-13(8-19-15)10-3-4-10;1-8(2,3)11(10)9-6-7-4-5-7;7-4-3-6(8)5-1-2-5;5-3-4-1-2-4/h7-10,12H,1-5H2,(H,18,19)(H,21,22);6-7H,4-5H2,1-3H3;5-6H,1-3,8H2;3-4H,1-2H2/t12-;;6-;/m1.1./s1. The summed E-state index contributed by atoms with van der Waals surface area (Å²) in [6.45, 7) is 5.81. The summed E-state index contributed by atoms with van der Waals surface area (Å²) in [4.78, 5) is 34.1. The third-order valence-corrected chi connectivity index (χ3v) is 9.70. The Morgan fingerprint density at radius 3 is 2.17 bits per heavy atom. The number of amides is 1. The fourth-order valence-electron chi connectivity index (χ4n) is 4.41. The van der Waals surface area contributed by atoms with Crippen molar-refractivity contribution < 1.29 is 13.8 Å². The lowest BCUT2D eigenvalue weighted by atomic mass is 10.1. The van der Waals surface area contributed by atoms with E-state index in [9.17, 15) is 13.8 Å². The van der Waals surface area contributed by atoms with Crippen molar-refractivity contribution in [2.24, 2.45) is 33.8 Å². The zero-order valence-electron chi connectivity index (χ0n) is 27.3. The van der Waals surface area contributed by atoms with Gasteiger partial charge in [0, 0.05) is 36.3 Å². The average Bonchev–Trinajstić information content (AvgIpc) is 3.84. The van der Waals surface area contributed by atoms with E-state index in [2.05, 4.69) is 36.8 Å². The summed E-state index contributed by atoms with van der Waals surface area (Å²) < 4.78 is 15.1. The van der Waals surface area contributed by atoms with Crippen molar-refractivity contribution in [1.29, 1.82) is 10.5 Å². The molecule has 0 aromatic carbocycles. The Labute approximate surface area is 274 Å². The summed E-state index contributed by atoms with van der Waals surface area (Å²) >= 11 is 0. The van der Waals surface area contributed by atoms with Gasteiger partial charge in [-0.15, -0.1) is 0 Å². The first-order chi connectivity index (χ1) is 22.0. The number of nitrogens with zero attached hydrogens (tertiary/aromatic N) is 5. The van der Waals surface area contributed by atoms with E-state index in [1.165, 1.54) is 25.7 Å². The maximum Gasteiger partial charge on any atom is 0.255 e. The molecular weight excluding hydrogens is 600 g/mol. The van der Waals surface area contributed by atoms with Crippen molar-refractivity contribution in [3.63, 3.8) is 0 Å². The number of hydrogen-bond donors (Lipinski definition) is 3. The normalized spacial score (nSPS) is 20.7. The minimum atomic E-state index is -1.05. The predicted molar refractivity (Wildman–Crippen MR) is 179 cm³/mol. The number of H-pyrrole nitrogens is 1. The number of aldehydes is 1. The molecule has 11 nitrogen and oxygen atoms in total. The van der Waals surface area contributed by atoms with Gasteiger partial charge in [-0.1, -0.05) is 0 Å². The van der Waals surface area contributed by atoms with Gasteiger partial charge in [0.05, 0.1) is 47.2 Å². The van der Waals surface area contributed by atoms with Gasteiger partial charge in [0.2, 0.25) is 0 Å². The summed E-state index contributed by atoms with van der Waals surface area (Å²) in [5.41, 5.74) is 8.33. The van der Waals surface area contributed by atoms with Crippen LogP contribution in [0.15, 0.2) is 16.8 Å². The Hall–Kier alpha value is -3.48. The zero-order chi connectivity index (χ0) is 33.3. The molecule has 2 aromatic heterocycles. The van der Waals surface area contributed by atoms with Crippen LogP contribution in [0.1, 0.15) is 120 Å². The monoisotopic (exact) mass is 648 g/mol. The van der Waals surface area contributed by atoms with Gasteiger partial charge in [-0.2, -0.15) is 14.9 Å². The topological polar surface area (TPSA) is 191 Å². The van der Waals surface area contributed by atoms with Crippen LogP contribution in [0, 0.1) is 46.3 Å². The Morgan fingerprint density at radius 1 is 1.07 bits per heavy atom. The Morgan fingerprint density at radius 2 is 1.70 bits per heavy atom. The van der Waals surface area contributed by atoms with Crippen molar-refractivity contribution in [2.75, 3.05) is 0 Å². The number of nitrogens with one attached hydrogen (secondary N) is 2. The Balaban J connectivity index is 0.000000165. The molecule has 46 heavy (non-hydrogen) atoms. The first-order valence-corrected chi connectivity index (χ1v) is 17.7. The lowest BCUT2D eigenvalue weighted by Crippen LogP contribution is -2.36. The molecule has 7 rings (SSSR count). The molecule has 2 aromatic rings. The second kappa shape index (κ2) is 16.4. The van der Waals surface area contributed by atoms with E-state index in [4.69, 9.17) is 16.3 Å². The molecule has 5 saturated carbocycles. The number of aromatic amines is 1. The lowest BCUT2D eigenvalue weighted by Gasteiger charge is -2.14. The molecule has 1 unspecified atom stereocenters.